The molecule has 4 nitrogen and oxygen atoms in total. The summed E-state index contributed by atoms with van der Waals surface area (Å²) in [5.74, 6) is -1.24. The van der Waals surface area contributed by atoms with Gasteiger partial charge in [-0.2, -0.15) is 0 Å². The van der Waals surface area contributed by atoms with E-state index in [1.165, 1.54) is 6.07 Å². The third kappa shape index (κ3) is 2.47. The van der Waals surface area contributed by atoms with Crippen molar-refractivity contribution in [2.24, 2.45) is 0 Å². The Hall–Kier alpha value is -1.95. The van der Waals surface area contributed by atoms with Gasteiger partial charge in [0.15, 0.2) is 4.77 Å². The van der Waals surface area contributed by atoms with E-state index >= 15 is 0 Å². The molecule has 1 aromatic carbocycles. The maximum atomic E-state index is 13.4. The fraction of sp³-hybridized carbons (Fsp3) is 0.375. The van der Waals surface area contributed by atoms with Crippen LogP contribution in [-0.4, -0.2) is 20.6 Å². The Balaban J connectivity index is 2.05. The highest BCUT2D eigenvalue weighted by molar-refractivity contribution is 7.71. The second-order valence-electron chi connectivity index (χ2n) is 5.60. The van der Waals surface area contributed by atoms with Crippen molar-refractivity contribution in [2.75, 3.05) is 0 Å². The van der Waals surface area contributed by atoms with Crippen LogP contribution in [0.2, 0.25) is 0 Å². The summed E-state index contributed by atoms with van der Waals surface area (Å²) in [4.78, 5) is 14.6. The Kier molecular flexibility index (Phi) is 3.87. The number of rotatable bonds is 3. The van der Waals surface area contributed by atoms with E-state index in [1.54, 1.807) is 10.6 Å². The molecule has 0 aliphatic heterocycles. The second-order valence-corrected chi connectivity index (χ2v) is 5.98. The van der Waals surface area contributed by atoms with E-state index in [1.807, 2.05) is 13.0 Å². The Labute approximate surface area is 132 Å². The molecule has 2 aromatic rings. The van der Waals surface area contributed by atoms with E-state index in [2.05, 4.69) is 4.98 Å². The number of aryl methyl sites for hydroxylation is 2. The topological polar surface area (TPSA) is 58.0 Å². The summed E-state index contributed by atoms with van der Waals surface area (Å²) in [6.45, 7) is 1.89. The van der Waals surface area contributed by atoms with Crippen LogP contribution in [0.1, 0.15) is 46.7 Å². The number of aromatic nitrogens is 2. The Bertz CT molecular complexity index is 794. The van der Waals surface area contributed by atoms with Crippen LogP contribution in [0.25, 0.3) is 0 Å². The van der Waals surface area contributed by atoms with Gasteiger partial charge >= 0.3 is 5.97 Å². The molecule has 1 aliphatic carbocycles. The zero-order valence-electron chi connectivity index (χ0n) is 12.2. The number of imidazole rings is 1. The molecule has 0 amide bonds. The standard InChI is InChI=1S/C16H17FN2O2S/c1-2-13-14(15(20)21)19(16(22)18-13)12-6-4-9-3-5-11(17)7-10(9)8-12/h3,5,7,12H,2,4,6,8H2,1H3,(H,18,22)(H,20,21). The number of halogens is 1. The summed E-state index contributed by atoms with van der Waals surface area (Å²) < 4.78 is 15.6. The molecule has 1 heterocycles. The molecule has 0 saturated carbocycles. The van der Waals surface area contributed by atoms with Gasteiger partial charge in [0.2, 0.25) is 0 Å². The summed E-state index contributed by atoms with van der Waals surface area (Å²) in [7, 11) is 0. The molecule has 1 unspecified atom stereocenters. The normalized spacial score (nSPS) is 17.3. The lowest BCUT2D eigenvalue weighted by atomic mass is 9.88. The average Bonchev–Trinajstić information content (AvgIpc) is 2.83. The number of nitrogens with one attached hydrogen (secondary N) is 1. The summed E-state index contributed by atoms with van der Waals surface area (Å²) in [5.41, 5.74) is 2.95. The Morgan fingerprint density at radius 2 is 2.27 bits per heavy atom. The van der Waals surface area contributed by atoms with Crippen LogP contribution in [0.4, 0.5) is 4.39 Å². The number of carboxylic acids is 1. The average molecular weight is 320 g/mol. The molecule has 1 atom stereocenters. The van der Waals surface area contributed by atoms with Gasteiger partial charge in [0.25, 0.3) is 0 Å². The predicted octanol–water partition coefficient (Wildman–Crippen LogP) is 3.68. The minimum Gasteiger partial charge on any atom is -0.477 e. The van der Waals surface area contributed by atoms with Crippen molar-refractivity contribution >= 4 is 18.2 Å². The first-order chi connectivity index (χ1) is 10.5. The monoisotopic (exact) mass is 320 g/mol. The lowest BCUT2D eigenvalue weighted by molar-refractivity contribution is 0.0680. The number of aromatic carboxylic acids is 1. The largest absolute Gasteiger partial charge is 0.477 e. The van der Waals surface area contributed by atoms with Gasteiger partial charge in [0.05, 0.1) is 0 Å². The molecule has 0 saturated heterocycles. The van der Waals surface area contributed by atoms with Crippen molar-refractivity contribution < 1.29 is 14.3 Å². The van der Waals surface area contributed by atoms with Crippen molar-refractivity contribution in [2.45, 2.75) is 38.6 Å². The number of hydrogen-bond donors (Lipinski definition) is 2. The molecule has 1 aliphatic rings. The minimum atomic E-state index is -0.978. The second kappa shape index (κ2) is 5.68. The summed E-state index contributed by atoms with van der Waals surface area (Å²) >= 11 is 5.32. The van der Waals surface area contributed by atoms with Crippen LogP contribution in [-0.2, 0) is 19.3 Å². The van der Waals surface area contributed by atoms with Crippen molar-refractivity contribution in [3.05, 3.63) is 51.3 Å². The smallest absolute Gasteiger partial charge is 0.354 e. The number of carboxylic acid groups (broad SMARTS) is 1. The first-order valence-corrected chi connectivity index (χ1v) is 7.76. The summed E-state index contributed by atoms with van der Waals surface area (Å²) in [6, 6.07) is 4.77. The third-order valence-corrected chi connectivity index (χ3v) is 4.59. The van der Waals surface area contributed by atoms with Crippen LogP contribution >= 0.6 is 12.2 Å². The van der Waals surface area contributed by atoms with Crippen LogP contribution in [0, 0.1) is 10.6 Å². The molecule has 3 rings (SSSR count). The quantitative estimate of drug-likeness (QED) is 0.848. The first kappa shape index (κ1) is 15.0. The molecular weight excluding hydrogens is 303 g/mol. The molecule has 1 aromatic heterocycles. The number of fused-ring (bicyclic) bond motifs is 1. The van der Waals surface area contributed by atoms with E-state index in [0.29, 0.717) is 23.3 Å². The molecule has 2 N–H and O–H groups in total. The maximum Gasteiger partial charge on any atom is 0.354 e. The van der Waals surface area contributed by atoms with Crippen molar-refractivity contribution in [1.82, 2.24) is 9.55 Å². The number of carbonyl (C=O) groups is 1. The van der Waals surface area contributed by atoms with Gasteiger partial charge in [0.1, 0.15) is 11.5 Å². The van der Waals surface area contributed by atoms with E-state index < -0.39 is 5.97 Å². The van der Waals surface area contributed by atoms with E-state index in [4.69, 9.17) is 12.2 Å². The maximum absolute atomic E-state index is 13.4. The highest BCUT2D eigenvalue weighted by Crippen LogP contribution is 2.31. The number of aromatic amines is 1. The molecule has 0 bridgehead atoms. The lowest BCUT2D eigenvalue weighted by Gasteiger charge is -2.26. The summed E-state index contributed by atoms with van der Waals surface area (Å²) in [6.07, 6.45) is 2.78. The SMILES string of the molecule is CCc1[nH]c(=S)n(C2CCc3ccc(F)cc3C2)c1C(=O)O. The van der Waals surface area contributed by atoms with E-state index in [-0.39, 0.29) is 17.6 Å². The van der Waals surface area contributed by atoms with Crippen molar-refractivity contribution in [1.29, 1.82) is 0 Å². The first-order valence-electron chi connectivity index (χ1n) is 7.35. The molecule has 116 valence electrons. The van der Waals surface area contributed by atoms with Gasteiger partial charge in [0, 0.05) is 11.7 Å². The fourth-order valence-electron chi connectivity index (χ4n) is 3.26. The van der Waals surface area contributed by atoms with Gasteiger partial charge in [-0.05, 0) is 61.2 Å². The summed E-state index contributed by atoms with van der Waals surface area (Å²) in [5, 5.41) is 9.51. The van der Waals surface area contributed by atoms with Crippen LogP contribution in [0.5, 0.6) is 0 Å². The van der Waals surface area contributed by atoms with Crippen LogP contribution < -0.4 is 0 Å². The molecular formula is C16H17FN2O2S. The molecule has 0 spiro atoms. The number of H-pyrrole nitrogens is 1. The van der Waals surface area contributed by atoms with Crippen molar-refractivity contribution in [3.63, 3.8) is 0 Å². The zero-order valence-corrected chi connectivity index (χ0v) is 13.0. The highest BCUT2D eigenvalue weighted by Gasteiger charge is 2.27. The van der Waals surface area contributed by atoms with Gasteiger partial charge in [-0.1, -0.05) is 13.0 Å². The number of nitrogens with zero attached hydrogens (tertiary/aromatic N) is 1. The van der Waals surface area contributed by atoms with Gasteiger partial charge in [-0.3, -0.25) is 0 Å². The van der Waals surface area contributed by atoms with E-state index in [9.17, 15) is 14.3 Å². The van der Waals surface area contributed by atoms with Crippen LogP contribution in [0.3, 0.4) is 0 Å². The fourth-order valence-corrected chi connectivity index (χ4v) is 3.62. The Morgan fingerprint density at radius 3 is 2.95 bits per heavy atom. The molecule has 0 radical (unpaired) electrons. The zero-order chi connectivity index (χ0) is 15.9. The number of hydrogen-bond acceptors (Lipinski definition) is 2. The third-order valence-electron chi connectivity index (χ3n) is 4.30. The molecule has 0 fully saturated rings. The van der Waals surface area contributed by atoms with Gasteiger partial charge < -0.3 is 14.7 Å². The van der Waals surface area contributed by atoms with Crippen LogP contribution in [0.15, 0.2) is 18.2 Å². The van der Waals surface area contributed by atoms with Gasteiger partial charge in [-0.25, -0.2) is 9.18 Å². The van der Waals surface area contributed by atoms with Crippen molar-refractivity contribution in [3.8, 4) is 0 Å². The van der Waals surface area contributed by atoms with Gasteiger partial charge in [-0.15, -0.1) is 0 Å². The predicted molar refractivity (Wildman–Crippen MR) is 83.4 cm³/mol. The minimum absolute atomic E-state index is 0.0514. The Morgan fingerprint density at radius 1 is 1.50 bits per heavy atom. The lowest BCUT2D eigenvalue weighted by Crippen LogP contribution is -2.22. The molecule has 6 heteroatoms. The highest BCUT2D eigenvalue weighted by atomic mass is 32.1. The van der Waals surface area contributed by atoms with E-state index in [0.717, 1.165) is 24.0 Å². The molecule has 22 heavy (non-hydrogen) atoms. The number of benzene rings is 1.